The van der Waals surface area contributed by atoms with Crippen molar-refractivity contribution in [3.63, 3.8) is 0 Å². The number of nitrogens with zero attached hydrogens (tertiary/aromatic N) is 1. The summed E-state index contributed by atoms with van der Waals surface area (Å²) in [7, 11) is 4.64. The van der Waals surface area contributed by atoms with Crippen LogP contribution < -0.4 is 19.6 Å². The first-order valence-corrected chi connectivity index (χ1v) is 6.32. The fraction of sp³-hybridized carbons (Fsp3) is 0.429. The number of hydrogen-bond donors (Lipinski definition) is 1. The van der Waals surface area contributed by atoms with Crippen LogP contribution in [-0.4, -0.2) is 33.5 Å². The second kappa shape index (κ2) is 6.27. The van der Waals surface area contributed by atoms with Crippen LogP contribution in [0.5, 0.6) is 17.2 Å². The van der Waals surface area contributed by atoms with Crippen molar-refractivity contribution in [2.45, 2.75) is 12.8 Å². The lowest BCUT2D eigenvalue weighted by Crippen LogP contribution is -2.18. The Kier molecular flexibility index (Phi) is 4.45. The summed E-state index contributed by atoms with van der Waals surface area (Å²) in [4.78, 5) is 11.4. The van der Waals surface area contributed by atoms with Crippen molar-refractivity contribution in [2.75, 3.05) is 21.3 Å². The number of benzene rings is 1. The minimum absolute atomic E-state index is 0.0336. The molecule has 1 fully saturated rings. The molecule has 1 aromatic carbocycles. The zero-order chi connectivity index (χ0) is 14.5. The Morgan fingerprint density at radius 3 is 2.25 bits per heavy atom. The van der Waals surface area contributed by atoms with Crippen molar-refractivity contribution in [2.24, 2.45) is 11.0 Å². The van der Waals surface area contributed by atoms with Gasteiger partial charge in [0.25, 0.3) is 0 Å². The summed E-state index contributed by atoms with van der Waals surface area (Å²) >= 11 is 0. The van der Waals surface area contributed by atoms with Crippen LogP contribution >= 0.6 is 0 Å². The van der Waals surface area contributed by atoms with Gasteiger partial charge < -0.3 is 14.2 Å². The molecule has 1 aliphatic rings. The SMILES string of the molecule is COc1cc(/C=N/NC(=O)C2CC2)cc(OC)c1OC. The predicted molar refractivity (Wildman–Crippen MR) is 74.6 cm³/mol. The van der Waals surface area contributed by atoms with Gasteiger partial charge in [0.05, 0.1) is 27.5 Å². The van der Waals surface area contributed by atoms with Crippen LogP contribution in [0.15, 0.2) is 17.2 Å². The molecule has 1 N–H and O–H groups in total. The van der Waals surface area contributed by atoms with Crippen molar-refractivity contribution in [1.82, 2.24) is 5.43 Å². The number of hydrogen-bond acceptors (Lipinski definition) is 5. The third-order valence-corrected chi connectivity index (χ3v) is 3.02. The Labute approximate surface area is 117 Å². The highest BCUT2D eigenvalue weighted by Gasteiger charge is 2.29. The Morgan fingerprint density at radius 1 is 1.20 bits per heavy atom. The van der Waals surface area contributed by atoms with Crippen molar-refractivity contribution >= 4 is 12.1 Å². The lowest BCUT2D eigenvalue weighted by atomic mass is 10.2. The molecule has 0 radical (unpaired) electrons. The molecule has 1 aliphatic carbocycles. The molecule has 1 saturated carbocycles. The van der Waals surface area contributed by atoms with Gasteiger partial charge in [0.2, 0.25) is 11.7 Å². The van der Waals surface area contributed by atoms with E-state index in [-0.39, 0.29) is 11.8 Å². The molecule has 108 valence electrons. The molecule has 0 unspecified atom stereocenters. The second-order valence-corrected chi connectivity index (χ2v) is 4.47. The van der Waals surface area contributed by atoms with Crippen LogP contribution in [-0.2, 0) is 4.79 Å². The minimum Gasteiger partial charge on any atom is -0.493 e. The molecule has 20 heavy (non-hydrogen) atoms. The molecule has 0 atom stereocenters. The Hall–Kier alpha value is -2.24. The lowest BCUT2D eigenvalue weighted by molar-refractivity contribution is -0.122. The second-order valence-electron chi connectivity index (χ2n) is 4.47. The van der Waals surface area contributed by atoms with Crippen molar-refractivity contribution < 1.29 is 19.0 Å². The van der Waals surface area contributed by atoms with E-state index in [0.29, 0.717) is 17.2 Å². The van der Waals surface area contributed by atoms with Gasteiger partial charge in [0, 0.05) is 11.5 Å². The maximum Gasteiger partial charge on any atom is 0.243 e. The molecule has 0 spiro atoms. The fourth-order valence-corrected chi connectivity index (χ4v) is 1.78. The van der Waals surface area contributed by atoms with Gasteiger partial charge in [-0.25, -0.2) is 5.43 Å². The molecule has 0 aromatic heterocycles. The van der Waals surface area contributed by atoms with Crippen LogP contribution in [0.3, 0.4) is 0 Å². The molecule has 1 aromatic rings. The van der Waals surface area contributed by atoms with Crippen molar-refractivity contribution in [1.29, 1.82) is 0 Å². The molecule has 6 heteroatoms. The molecule has 0 heterocycles. The van der Waals surface area contributed by atoms with Crippen LogP contribution in [0.2, 0.25) is 0 Å². The van der Waals surface area contributed by atoms with Crippen LogP contribution in [0.4, 0.5) is 0 Å². The molecular formula is C14H18N2O4. The quantitative estimate of drug-likeness (QED) is 0.633. The number of carbonyl (C=O) groups excluding carboxylic acids is 1. The summed E-state index contributed by atoms with van der Waals surface area (Å²) in [5.41, 5.74) is 3.26. The van der Waals surface area contributed by atoms with Crippen LogP contribution in [0.1, 0.15) is 18.4 Å². The van der Waals surface area contributed by atoms with E-state index in [9.17, 15) is 4.79 Å². The first kappa shape index (κ1) is 14.2. The number of hydrazone groups is 1. The Balaban J connectivity index is 2.14. The highest BCUT2D eigenvalue weighted by molar-refractivity contribution is 5.85. The Morgan fingerprint density at radius 2 is 1.80 bits per heavy atom. The molecule has 1 amide bonds. The van der Waals surface area contributed by atoms with Crippen LogP contribution in [0.25, 0.3) is 0 Å². The summed E-state index contributed by atoms with van der Waals surface area (Å²) in [5, 5.41) is 3.93. The monoisotopic (exact) mass is 278 g/mol. The minimum atomic E-state index is -0.0336. The van der Waals surface area contributed by atoms with Crippen molar-refractivity contribution in [3.05, 3.63) is 17.7 Å². The topological polar surface area (TPSA) is 69.2 Å². The fourth-order valence-electron chi connectivity index (χ4n) is 1.78. The molecule has 0 aliphatic heterocycles. The number of methoxy groups -OCH3 is 3. The number of amides is 1. The number of carbonyl (C=O) groups is 1. The molecule has 6 nitrogen and oxygen atoms in total. The van der Waals surface area contributed by atoms with E-state index in [0.717, 1.165) is 18.4 Å². The van der Waals surface area contributed by atoms with Gasteiger partial charge in [-0.3, -0.25) is 4.79 Å². The third kappa shape index (κ3) is 3.20. The Bertz CT molecular complexity index is 499. The lowest BCUT2D eigenvalue weighted by Gasteiger charge is -2.12. The number of rotatable bonds is 6. The maximum absolute atomic E-state index is 11.4. The highest BCUT2D eigenvalue weighted by Crippen LogP contribution is 2.37. The van der Waals surface area contributed by atoms with Gasteiger partial charge in [-0.1, -0.05) is 0 Å². The summed E-state index contributed by atoms with van der Waals surface area (Å²) in [6.45, 7) is 0. The zero-order valence-electron chi connectivity index (χ0n) is 11.8. The smallest absolute Gasteiger partial charge is 0.243 e. The summed E-state index contributed by atoms with van der Waals surface area (Å²) in [6.07, 6.45) is 3.45. The first-order chi connectivity index (χ1) is 9.69. The van der Waals surface area contributed by atoms with Gasteiger partial charge in [-0.15, -0.1) is 0 Å². The maximum atomic E-state index is 11.4. The molecular weight excluding hydrogens is 260 g/mol. The van der Waals surface area contributed by atoms with Crippen molar-refractivity contribution in [3.8, 4) is 17.2 Å². The van der Waals surface area contributed by atoms with Gasteiger partial charge in [-0.05, 0) is 25.0 Å². The molecule has 2 rings (SSSR count). The number of nitrogens with one attached hydrogen (secondary N) is 1. The van der Waals surface area contributed by atoms with E-state index in [1.807, 2.05) is 0 Å². The van der Waals surface area contributed by atoms with E-state index in [2.05, 4.69) is 10.5 Å². The molecule has 0 saturated heterocycles. The summed E-state index contributed by atoms with van der Waals surface area (Å²) in [5.74, 6) is 1.71. The summed E-state index contributed by atoms with van der Waals surface area (Å²) < 4.78 is 15.7. The summed E-state index contributed by atoms with van der Waals surface area (Å²) in [6, 6.07) is 3.52. The standard InChI is InChI=1S/C14H18N2O4/c1-18-11-6-9(7-12(19-2)13(11)20-3)8-15-16-14(17)10-4-5-10/h6-8,10H,4-5H2,1-3H3,(H,16,17)/b15-8+. The van der Waals surface area contributed by atoms with E-state index in [1.165, 1.54) is 0 Å². The normalized spacial score (nSPS) is 14.2. The van der Waals surface area contributed by atoms with Gasteiger partial charge in [-0.2, -0.15) is 5.10 Å². The molecule has 0 bridgehead atoms. The number of ether oxygens (including phenoxy) is 3. The van der Waals surface area contributed by atoms with E-state index >= 15 is 0 Å². The largest absolute Gasteiger partial charge is 0.493 e. The van der Waals surface area contributed by atoms with E-state index in [1.54, 1.807) is 39.7 Å². The third-order valence-electron chi connectivity index (χ3n) is 3.02. The first-order valence-electron chi connectivity index (χ1n) is 6.32. The van der Waals surface area contributed by atoms with E-state index < -0.39 is 0 Å². The van der Waals surface area contributed by atoms with Gasteiger partial charge in [0.1, 0.15) is 0 Å². The van der Waals surface area contributed by atoms with Gasteiger partial charge in [0.15, 0.2) is 11.5 Å². The van der Waals surface area contributed by atoms with E-state index in [4.69, 9.17) is 14.2 Å². The van der Waals surface area contributed by atoms with Crippen LogP contribution in [0, 0.1) is 5.92 Å². The van der Waals surface area contributed by atoms with Gasteiger partial charge >= 0.3 is 0 Å². The zero-order valence-corrected chi connectivity index (χ0v) is 11.8. The predicted octanol–water partition coefficient (Wildman–Crippen LogP) is 1.57. The highest BCUT2D eigenvalue weighted by atomic mass is 16.5. The average Bonchev–Trinajstić information content (AvgIpc) is 3.30. The average molecular weight is 278 g/mol.